The zero-order valence-electron chi connectivity index (χ0n) is 12.0. The van der Waals surface area contributed by atoms with Crippen molar-refractivity contribution in [1.29, 1.82) is 0 Å². The SMILES string of the molecule is CCOC(=O)c1csc2nc(Cl)nc(Nc3ccccc3O)c12. The molecule has 23 heavy (non-hydrogen) atoms. The molecule has 0 spiro atoms. The van der Waals surface area contributed by atoms with Gasteiger partial charge in [-0.25, -0.2) is 9.78 Å². The number of carbonyl (C=O) groups is 1. The first-order valence-corrected chi connectivity index (χ1v) is 8.02. The maximum atomic E-state index is 12.1. The highest BCUT2D eigenvalue weighted by molar-refractivity contribution is 7.17. The van der Waals surface area contributed by atoms with Crippen molar-refractivity contribution in [2.45, 2.75) is 6.92 Å². The molecule has 0 unspecified atom stereocenters. The number of fused-ring (bicyclic) bond motifs is 1. The molecule has 1 aromatic carbocycles. The lowest BCUT2D eigenvalue weighted by atomic mass is 10.2. The Kier molecular flexibility index (Phi) is 4.31. The van der Waals surface area contributed by atoms with Crippen LogP contribution < -0.4 is 5.32 Å². The van der Waals surface area contributed by atoms with Gasteiger partial charge in [0.15, 0.2) is 0 Å². The number of halogens is 1. The van der Waals surface area contributed by atoms with Crippen molar-refractivity contribution in [3.05, 3.63) is 40.5 Å². The van der Waals surface area contributed by atoms with Crippen LogP contribution in [0.15, 0.2) is 29.6 Å². The van der Waals surface area contributed by atoms with Gasteiger partial charge in [-0.05, 0) is 30.7 Å². The number of nitrogens with zero attached hydrogens (tertiary/aromatic N) is 2. The highest BCUT2D eigenvalue weighted by atomic mass is 35.5. The molecule has 0 aliphatic heterocycles. The summed E-state index contributed by atoms with van der Waals surface area (Å²) in [6, 6.07) is 6.70. The standard InChI is InChI=1S/C15H12ClN3O3S/c1-2-22-14(21)8-7-23-13-11(8)12(18-15(16)19-13)17-9-5-3-4-6-10(9)20/h3-7,20H,2H2,1H3,(H,17,18,19). The maximum Gasteiger partial charge on any atom is 0.339 e. The molecule has 2 aromatic heterocycles. The van der Waals surface area contributed by atoms with Crippen LogP contribution in [0.25, 0.3) is 10.2 Å². The Labute approximate surface area is 140 Å². The topological polar surface area (TPSA) is 84.3 Å². The summed E-state index contributed by atoms with van der Waals surface area (Å²) in [6.45, 7) is 2.01. The zero-order valence-corrected chi connectivity index (χ0v) is 13.6. The van der Waals surface area contributed by atoms with E-state index in [4.69, 9.17) is 16.3 Å². The molecule has 0 aliphatic rings. The Morgan fingerprint density at radius 3 is 2.91 bits per heavy atom. The minimum atomic E-state index is -0.454. The van der Waals surface area contributed by atoms with Crippen molar-refractivity contribution in [3.8, 4) is 5.75 Å². The smallest absolute Gasteiger partial charge is 0.339 e. The van der Waals surface area contributed by atoms with Crippen LogP contribution in [0.5, 0.6) is 5.75 Å². The van der Waals surface area contributed by atoms with Crippen molar-refractivity contribution in [2.75, 3.05) is 11.9 Å². The van der Waals surface area contributed by atoms with Gasteiger partial charge in [0.1, 0.15) is 16.4 Å². The number of hydrogen-bond donors (Lipinski definition) is 2. The molecule has 118 valence electrons. The lowest BCUT2D eigenvalue weighted by Gasteiger charge is -2.10. The number of thiophene rings is 1. The lowest BCUT2D eigenvalue weighted by Crippen LogP contribution is -2.05. The van der Waals surface area contributed by atoms with Crippen molar-refractivity contribution >= 4 is 50.6 Å². The molecule has 0 radical (unpaired) electrons. The predicted molar refractivity (Wildman–Crippen MR) is 89.8 cm³/mol. The molecular formula is C15H12ClN3O3S. The van der Waals surface area contributed by atoms with E-state index in [9.17, 15) is 9.90 Å². The van der Waals surface area contributed by atoms with Gasteiger partial charge in [0.2, 0.25) is 5.28 Å². The third-order valence-corrected chi connectivity index (χ3v) is 4.10. The molecule has 0 saturated carbocycles. The van der Waals surface area contributed by atoms with Crippen LogP contribution in [0.3, 0.4) is 0 Å². The number of aromatic nitrogens is 2. The summed E-state index contributed by atoms with van der Waals surface area (Å²) in [7, 11) is 0. The second-order valence-electron chi connectivity index (χ2n) is 4.53. The minimum absolute atomic E-state index is 0.0488. The summed E-state index contributed by atoms with van der Waals surface area (Å²) >= 11 is 7.22. The average molecular weight is 350 g/mol. The number of phenolic OH excluding ortho intramolecular Hbond substituents is 1. The normalized spacial score (nSPS) is 10.7. The second-order valence-corrected chi connectivity index (χ2v) is 5.73. The van der Waals surface area contributed by atoms with Crippen LogP contribution in [0.1, 0.15) is 17.3 Å². The van der Waals surface area contributed by atoms with Crippen LogP contribution >= 0.6 is 22.9 Å². The Morgan fingerprint density at radius 2 is 2.17 bits per heavy atom. The Bertz CT molecular complexity index is 882. The van der Waals surface area contributed by atoms with E-state index in [1.54, 1.807) is 36.6 Å². The van der Waals surface area contributed by atoms with Gasteiger partial charge in [-0.2, -0.15) is 4.98 Å². The first-order valence-electron chi connectivity index (χ1n) is 6.77. The Morgan fingerprint density at radius 1 is 1.39 bits per heavy atom. The molecule has 2 N–H and O–H groups in total. The van der Waals surface area contributed by atoms with E-state index in [1.807, 2.05) is 0 Å². The Hall–Kier alpha value is -2.38. The van der Waals surface area contributed by atoms with Crippen molar-refractivity contribution < 1.29 is 14.6 Å². The molecule has 0 bridgehead atoms. The van der Waals surface area contributed by atoms with Gasteiger partial charge in [0.05, 0.1) is 23.2 Å². The van der Waals surface area contributed by atoms with Crippen LogP contribution in [-0.2, 0) is 4.74 Å². The number of nitrogens with one attached hydrogen (secondary N) is 1. The molecule has 8 heteroatoms. The predicted octanol–water partition coefficient (Wildman–Crippen LogP) is 3.97. The van der Waals surface area contributed by atoms with Crippen LogP contribution in [0.2, 0.25) is 5.28 Å². The van der Waals surface area contributed by atoms with E-state index in [0.717, 1.165) is 0 Å². The van der Waals surface area contributed by atoms with Crippen molar-refractivity contribution in [2.24, 2.45) is 0 Å². The summed E-state index contributed by atoms with van der Waals surface area (Å²) < 4.78 is 5.06. The van der Waals surface area contributed by atoms with Gasteiger partial charge in [0, 0.05) is 5.38 Å². The fraction of sp³-hybridized carbons (Fsp3) is 0.133. The third-order valence-electron chi connectivity index (χ3n) is 3.06. The number of carbonyl (C=O) groups excluding carboxylic acids is 1. The molecule has 3 rings (SSSR count). The van der Waals surface area contributed by atoms with E-state index < -0.39 is 5.97 Å². The summed E-state index contributed by atoms with van der Waals surface area (Å²) in [6.07, 6.45) is 0. The van der Waals surface area contributed by atoms with Gasteiger partial charge in [-0.15, -0.1) is 11.3 Å². The van der Waals surface area contributed by atoms with Crippen LogP contribution in [0, 0.1) is 0 Å². The molecule has 2 heterocycles. The highest BCUT2D eigenvalue weighted by Gasteiger charge is 2.20. The number of hydrogen-bond acceptors (Lipinski definition) is 7. The lowest BCUT2D eigenvalue weighted by molar-refractivity contribution is 0.0529. The highest BCUT2D eigenvalue weighted by Crippen LogP contribution is 2.34. The van der Waals surface area contributed by atoms with Gasteiger partial charge in [-0.3, -0.25) is 0 Å². The zero-order chi connectivity index (χ0) is 16.4. The Balaban J connectivity index is 2.13. The van der Waals surface area contributed by atoms with Crippen LogP contribution in [-0.4, -0.2) is 27.7 Å². The number of anilines is 2. The fourth-order valence-corrected chi connectivity index (χ4v) is 3.20. The van der Waals surface area contributed by atoms with Crippen molar-refractivity contribution in [3.63, 3.8) is 0 Å². The molecule has 3 aromatic rings. The van der Waals surface area contributed by atoms with Gasteiger partial charge < -0.3 is 15.2 Å². The van der Waals surface area contributed by atoms with E-state index in [2.05, 4.69) is 15.3 Å². The number of esters is 1. The maximum absolute atomic E-state index is 12.1. The molecule has 0 amide bonds. The number of rotatable bonds is 4. The van der Waals surface area contributed by atoms with E-state index >= 15 is 0 Å². The summed E-state index contributed by atoms with van der Waals surface area (Å²) in [5.74, 6) is -0.0564. The monoisotopic (exact) mass is 349 g/mol. The molecule has 0 saturated heterocycles. The average Bonchev–Trinajstić information content (AvgIpc) is 2.93. The quantitative estimate of drug-likeness (QED) is 0.421. The molecule has 0 aliphatic carbocycles. The largest absolute Gasteiger partial charge is 0.506 e. The second kappa shape index (κ2) is 6.39. The van der Waals surface area contributed by atoms with E-state index in [0.29, 0.717) is 27.3 Å². The number of para-hydroxylation sites is 2. The first kappa shape index (κ1) is 15.5. The molecule has 0 fully saturated rings. The van der Waals surface area contributed by atoms with Gasteiger partial charge in [-0.1, -0.05) is 12.1 Å². The fourth-order valence-electron chi connectivity index (χ4n) is 2.07. The number of ether oxygens (including phenoxy) is 1. The van der Waals surface area contributed by atoms with Crippen molar-refractivity contribution in [1.82, 2.24) is 9.97 Å². The van der Waals surface area contributed by atoms with E-state index in [-0.39, 0.29) is 17.6 Å². The molecule has 6 nitrogen and oxygen atoms in total. The van der Waals surface area contributed by atoms with E-state index in [1.165, 1.54) is 11.3 Å². The van der Waals surface area contributed by atoms with Gasteiger partial charge in [0.25, 0.3) is 0 Å². The molecular weight excluding hydrogens is 338 g/mol. The van der Waals surface area contributed by atoms with Crippen LogP contribution in [0.4, 0.5) is 11.5 Å². The summed E-state index contributed by atoms with van der Waals surface area (Å²) in [4.78, 5) is 20.9. The third kappa shape index (κ3) is 3.06. The summed E-state index contributed by atoms with van der Waals surface area (Å²) in [5, 5.41) is 15.1. The summed E-state index contributed by atoms with van der Waals surface area (Å²) in [5.41, 5.74) is 0.811. The molecule has 0 atom stereocenters. The number of aromatic hydroxyl groups is 1. The number of phenols is 1. The first-order chi connectivity index (χ1) is 11.1. The minimum Gasteiger partial charge on any atom is -0.506 e. The van der Waals surface area contributed by atoms with Gasteiger partial charge >= 0.3 is 5.97 Å². The number of benzene rings is 1.